The smallest absolute Gasteiger partial charge is 0.306 e. The van der Waals surface area contributed by atoms with Gasteiger partial charge < -0.3 is 9.84 Å². The number of hydrogen-bond donors (Lipinski definition) is 1. The summed E-state index contributed by atoms with van der Waals surface area (Å²) in [6.07, 6.45) is 2.26. The molecule has 0 aromatic heterocycles. The second-order valence-corrected chi connectivity index (χ2v) is 7.99. The molecule has 0 unspecified atom stereocenters. The topological polar surface area (TPSA) is 101 Å². The van der Waals surface area contributed by atoms with Crippen molar-refractivity contribution in [1.29, 1.82) is 0 Å². The number of methoxy groups -OCH3 is 1. The van der Waals surface area contributed by atoms with E-state index in [1.165, 1.54) is 11.4 Å². The molecule has 2 aliphatic rings. The molecule has 1 saturated carbocycles. The van der Waals surface area contributed by atoms with Gasteiger partial charge >= 0.3 is 11.9 Å². The lowest BCUT2D eigenvalue weighted by Crippen LogP contribution is -2.42. The zero-order valence-electron chi connectivity index (χ0n) is 12.1. The van der Waals surface area contributed by atoms with Crippen LogP contribution in [-0.2, 0) is 24.3 Å². The highest BCUT2D eigenvalue weighted by Gasteiger charge is 2.49. The van der Waals surface area contributed by atoms with E-state index in [2.05, 4.69) is 4.74 Å². The fourth-order valence-corrected chi connectivity index (χ4v) is 4.90. The molecule has 1 aliphatic carbocycles. The Morgan fingerprint density at radius 1 is 1.29 bits per heavy atom. The van der Waals surface area contributed by atoms with E-state index in [0.717, 1.165) is 0 Å². The van der Waals surface area contributed by atoms with Crippen molar-refractivity contribution < 1.29 is 27.9 Å². The molecule has 21 heavy (non-hydrogen) atoms. The number of hydrogen-bond acceptors (Lipinski definition) is 5. The van der Waals surface area contributed by atoms with Crippen molar-refractivity contribution in [1.82, 2.24) is 4.31 Å². The molecule has 120 valence electrons. The van der Waals surface area contributed by atoms with E-state index < -0.39 is 27.3 Å². The van der Waals surface area contributed by atoms with E-state index in [9.17, 15) is 18.0 Å². The second-order valence-electron chi connectivity index (χ2n) is 6.02. The Balaban J connectivity index is 1.94. The molecular weight excluding hydrogens is 298 g/mol. The van der Waals surface area contributed by atoms with E-state index in [0.29, 0.717) is 25.7 Å². The van der Waals surface area contributed by atoms with Crippen LogP contribution in [-0.4, -0.2) is 55.7 Å². The molecule has 0 amide bonds. The number of carboxylic acids is 1. The van der Waals surface area contributed by atoms with Gasteiger partial charge in [0.2, 0.25) is 10.0 Å². The molecule has 0 aromatic rings. The van der Waals surface area contributed by atoms with Crippen LogP contribution in [0.4, 0.5) is 0 Å². The van der Waals surface area contributed by atoms with E-state index in [4.69, 9.17) is 5.11 Å². The van der Waals surface area contributed by atoms with E-state index in [1.807, 2.05) is 0 Å². The van der Waals surface area contributed by atoms with Crippen molar-refractivity contribution in [3.05, 3.63) is 0 Å². The van der Waals surface area contributed by atoms with Crippen molar-refractivity contribution in [3.8, 4) is 0 Å². The van der Waals surface area contributed by atoms with Crippen LogP contribution in [0.3, 0.4) is 0 Å². The molecule has 2 fully saturated rings. The highest BCUT2D eigenvalue weighted by Crippen LogP contribution is 2.50. The van der Waals surface area contributed by atoms with Gasteiger partial charge in [-0.25, -0.2) is 12.7 Å². The van der Waals surface area contributed by atoms with Gasteiger partial charge in [0.15, 0.2) is 0 Å². The summed E-state index contributed by atoms with van der Waals surface area (Å²) >= 11 is 0. The number of rotatable bonds is 6. The van der Waals surface area contributed by atoms with Gasteiger partial charge in [-0.15, -0.1) is 0 Å². The van der Waals surface area contributed by atoms with Gasteiger partial charge in [0.25, 0.3) is 0 Å². The number of carboxylic acid groups (broad SMARTS) is 1. The van der Waals surface area contributed by atoms with Crippen LogP contribution in [0.15, 0.2) is 0 Å². The van der Waals surface area contributed by atoms with Crippen LogP contribution in [0.2, 0.25) is 0 Å². The van der Waals surface area contributed by atoms with Gasteiger partial charge in [-0.1, -0.05) is 0 Å². The van der Waals surface area contributed by atoms with Gasteiger partial charge in [0.05, 0.1) is 25.2 Å². The van der Waals surface area contributed by atoms with Gasteiger partial charge in [-0.3, -0.25) is 9.59 Å². The third kappa shape index (κ3) is 3.94. The SMILES string of the molecule is COC(=O)CC1(CS(=O)(=O)N2CCC(C(=O)O)CC2)CC1. The van der Waals surface area contributed by atoms with Gasteiger partial charge in [-0.2, -0.15) is 0 Å². The maximum atomic E-state index is 12.4. The first-order chi connectivity index (χ1) is 9.78. The predicted molar refractivity (Wildman–Crippen MR) is 74.0 cm³/mol. The fourth-order valence-electron chi connectivity index (χ4n) is 2.79. The summed E-state index contributed by atoms with van der Waals surface area (Å²) in [7, 11) is -2.15. The summed E-state index contributed by atoms with van der Waals surface area (Å²) in [5.74, 6) is -1.75. The Labute approximate surface area is 124 Å². The van der Waals surface area contributed by atoms with E-state index in [-0.39, 0.29) is 31.2 Å². The maximum absolute atomic E-state index is 12.4. The molecule has 0 radical (unpaired) electrons. The Kier molecular flexibility index (Phi) is 4.57. The third-order valence-electron chi connectivity index (χ3n) is 4.39. The molecule has 1 N–H and O–H groups in total. The Hall–Kier alpha value is -1.15. The molecule has 0 aromatic carbocycles. The minimum atomic E-state index is -3.45. The summed E-state index contributed by atoms with van der Waals surface area (Å²) in [5, 5.41) is 8.93. The highest BCUT2D eigenvalue weighted by molar-refractivity contribution is 7.89. The molecule has 7 nitrogen and oxygen atoms in total. The van der Waals surface area contributed by atoms with Crippen LogP contribution in [0.1, 0.15) is 32.1 Å². The zero-order chi connectivity index (χ0) is 15.7. The summed E-state index contributed by atoms with van der Waals surface area (Å²) in [6.45, 7) is 0.487. The van der Waals surface area contributed by atoms with Gasteiger partial charge in [-0.05, 0) is 31.1 Å². The zero-order valence-corrected chi connectivity index (χ0v) is 12.9. The van der Waals surface area contributed by atoms with Crippen LogP contribution in [0.25, 0.3) is 0 Å². The second kappa shape index (κ2) is 5.92. The van der Waals surface area contributed by atoms with E-state index in [1.54, 1.807) is 0 Å². The highest BCUT2D eigenvalue weighted by atomic mass is 32.2. The molecule has 0 atom stereocenters. The van der Waals surface area contributed by atoms with Crippen molar-refractivity contribution >= 4 is 22.0 Å². The number of aliphatic carboxylic acids is 1. The molecule has 0 bridgehead atoms. The summed E-state index contributed by atoms with van der Waals surface area (Å²) in [4.78, 5) is 22.2. The van der Waals surface area contributed by atoms with Gasteiger partial charge in [0.1, 0.15) is 0 Å². The first-order valence-corrected chi connectivity index (χ1v) is 8.66. The average molecular weight is 319 g/mol. The lowest BCUT2D eigenvalue weighted by molar-refractivity contribution is -0.143. The minimum Gasteiger partial charge on any atom is -0.481 e. The quantitative estimate of drug-likeness (QED) is 0.714. The monoisotopic (exact) mass is 319 g/mol. The number of carbonyl (C=O) groups is 2. The summed E-state index contributed by atoms with van der Waals surface area (Å²) in [5.41, 5.74) is -0.477. The lowest BCUT2D eigenvalue weighted by atomic mass is 9.99. The number of ether oxygens (including phenoxy) is 1. The molecule has 1 aliphatic heterocycles. The number of esters is 1. The number of piperidine rings is 1. The third-order valence-corrected chi connectivity index (χ3v) is 6.52. The minimum absolute atomic E-state index is 0.0488. The Morgan fingerprint density at radius 3 is 2.29 bits per heavy atom. The number of nitrogens with zero attached hydrogens (tertiary/aromatic N) is 1. The van der Waals surface area contributed by atoms with Crippen LogP contribution >= 0.6 is 0 Å². The van der Waals surface area contributed by atoms with Crippen LogP contribution in [0.5, 0.6) is 0 Å². The van der Waals surface area contributed by atoms with Crippen LogP contribution in [0, 0.1) is 11.3 Å². The summed E-state index contributed by atoms with van der Waals surface area (Å²) < 4.78 is 30.8. The molecule has 1 heterocycles. The number of sulfonamides is 1. The van der Waals surface area contributed by atoms with Gasteiger partial charge in [0, 0.05) is 13.1 Å². The average Bonchev–Trinajstić information content (AvgIpc) is 3.17. The normalized spacial score (nSPS) is 22.7. The van der Waals surface area contributed by atoms with Crippen molar-refractivity contribution in [2.75, 3.05) is 26.0 Å². The summed E-state index contributed by atoms with van der Waals surface area (Å²) in [6, 6.07) is 0. The largest absolute Gasteiger partial charge is 0.481 e. The predicted octanol–water partition coefficient (Wildman–Crippen LogP) is 0.456. The molecular formula is C13H21NO6S. The first-order valence-electron chi connectivity index (χ1n) is 7.05. The maximum Gasteiger partial charge on any atom is 0.306 e. The lowest BCUT2D eigenvalue weighted by Gasteiger charge is -2.30. The molecule has 8 heteroatoms. The first kappa shape index (κ1) is 16.2. The molecule has 1 saturated heterocycles. The standard InChI is InChI=1S/C13H21NO6S/c1-20-11(15)8-13(4-5-13)9-21(18,19)14-6-2-10(3-7-14)12(16)17/h10H,2-9H2,1H3,(H,16,17). The number of carbonyl (C=O) groups excluding carboxylic acids is 1. The Morgan fingerprint density at radius 2 is 1.86 bits per heavy atom. The fraction of sp³-hybridized carbons (Fsp3) is 0.846. The van der Waals surface area contributed by atoms with Crippen molar-refractivity contribution in [2.45, 2.75) is 32.1 Å². The molecule has 2 rings (SSSR count). The van der Waals surface area contributed by atoms with Crippen molar-refractivity contribution in [2.24, 2.45) is 11.3 Å². The van der Waals surface area contributed by atoms with Crippen molar-refractivity contribution in [3.63, 3.8) is 0 Å². The molecule has 0 spiro atoms. The van der Waals surface area contributed by atoms with E-state index >= 15 is 0 Å². The van der Waals surface area contributed by atoms with Crippen LogP contribution < -0.4 is 0 Å². The Bertz CT molecular complexity index is 517.